The molecular weight excluding hydrogens is 419 g/mol. The van der Waals surface area contributed by atoms with E-state index in [-0.39, 0.29) is 18.1 Å². The average Bonchev–Trinajstić information content (AvgIpc) is 2.78. The highest BCUT2D eigenvalue weighted by Crippen LogP contribution is 2.16. The van der Waals surface area contributed by atoms with Crippen LogP contribution in [0.4, 0.5) is 4.39 Å². The van der Waals surface area contributed by atoms with Gasteiger partial charge in [0.15, 0.2) is 5.96 Å². The molecular formula is C22H29FN4O3S. The fourth-order valence-corrected chi connectivity index (χ4v) is 4.86. The summed E-state index contributed by atoms with van der Waals surface area (Å²) in [6.45, 7) is 4.82. The van der Waals surface area contributed by atoms with Gasteiger partial charge in [0.05, 0.1) is 25.5 Å². The fraction of sp³-hybridized carbons (Fsp3) is 0.409. The number of nitrogens with one attached hydrogen (secondary N) is 2. The first-order valence-electron chi connectivity index (χ1n) is 10.4. The third-order valence-electron chi connectivity index (χ3n) is 4.98. The van der Waals surface area contributed by atoms with E-state index in [0.717, 1.165) is 11.1 Å². The zero-order chi connectivity index (χ0) is 22.1. The number of ether oxygens (including phenoxy) is 1. The Hall–Kier alpha value is -2.49. The molecule has 0 bridgehead atoms. The summed E-state index contributed by atoms with van der Waals surface area (Å²) in [5.74, 6) is 0.186. The van der Waals surface area contributed by atoms with Crippen LogP contribution < -0.4 is 10.6 Å². The van der Waals surface area contributed by atoms with E-state index in [4.69, 9.17) is 4.74 Å². The number of morpholine rings is 1. The first kappa shape index (κ1) is 23.2. The van der Waals surface area contributed by atoms with Crippen LogP contribution in [0.3, 0.4) is 0 Å². The zero-order valence-electron chi connectivity index (χ0n) is 17.7. The van der Waals surface area contributed by atoms with Gasteiger partial charge in [0.1, 0.15) is 5.82 Å². The van der Waals surface area contributed by atoms with E-state index in [1.807, 2.05) is 31.2 Å². The molecule has 0 saturated carbocycles. The van der Waals surface area contributed by atoms with Gasteiger partial charge in [-0.2, -0.15) is 4.31 Å². The number of benzene rings is 2. The lowest BCUT2D eigenvalue weighted by Gasteiger charge is -2.26. The van der Waals surface area contributed by atoms with Crippen molar-refractivity contribution in [3.63, 3.8) is 0 Å². The Bertz CT molecular complexity index is 992. The minimum atomic E-state index is -3.42. The van der Waals surface area contributed by atoms with Gasteiger partial charge in [-0.1, -0.05) is 42.5 Å². The van der Waals surface area contributed by atoms with Crippen molar-refractivity contribution in [1.29, 1.82) is 0 Å². The molecule has 0 spiro atoms. The summed E-state index contributed by atoms with van der Waals surface area (Å²) >= 11 is 0. The monoisotopic (exact) mass is 448 g/mol. The molecule has 0 unspecified atom stereocenters. The molecule has 7 nitrogen and oxygen atoms in total. The van der Waals surface area contributed by atoms with Crippen molar-refractivity contribution in [1.82, 2.24) is 14.9 Å². The van der Waals surface area contributed by atoms with E-state index in [2.05, 4.69) is 15.6 Å². The van der Waals surface area contributed by atoms with Crippen molar-refractivity contribution < 1.29 is 17.5 Å². The summed E-state index contributed by atoms with van der Waals surface area (Å²) in [6, 6.07) is 14.0. The first-order valence-corrected chi connectivity index (χ1v) is 12.0. The molecule has 31 heavy (non-hydrogen) atoms. The van der Waals surface area contributed by atoms with Crippen LogP contribution >= 0.6 is 0 Å². The van der Waals surface area contributed by atoms with Gasteiger partial charge in [0, 0.05) is 31.7 Å². The maximum absolute atomic E-state index is 13.9. The van der Waals surface area contributed by atoms with Crippen molar-refractivity contribution in [2.75, 3.05) is 32.8 Å². The molecule has 0 aromatic heterocycles. The van der Waals surface area contributed by atoms with Crippen LogP contribution in [-0.2, 0) is 33.6 Å². The van der Waals surface area contributed by atoms with E-state index >= 15 is 0 Å². The highest BCUT2D eigenvalue weighted by atomic mass is 32.2. The maximum Gasteiger partial charge on any atom is 0.218 e. The average molecular weight is 449 g/mol. The van der Waals surface area contributed by atoms with Crippen LogP contribution in [0.1, 0.15) is 23.6 Å². The smallest absolute Gasteiger partial charge is 0.218 e. The van der Waals surface area contributed by atoms with Gasteiger partial charge in [0.2, 0.25) is 10.0 Å². The van der Waals surface area contributed by atoms with Gasteiger partial charge < -0.3 is 15.4 Å². The molecule has 2 aromatic rings. The molecule has 2 N–H and O–H groups in total. The second kappa shape index (κ2) is 11.2. The number of hydrogen-bond donors (Lipinski definition) is 2. The Morgan fingerprint density at radius 3 is 2.35 bits per heavy atom. The topological polar surface area (TPSA) is 83.0 Å². The van der Waals surface area contributed by atoms with Crippen LogP contribution in [0.25, 0.3) is 0 Å². The van der Waals surface area contributed by atoms with Crippen LogP contribution in [-0.4, -0.2) is 51.5 Å². The molecule has 1 heterocycles. The molecule has 168 valence electrons. The van der Waals surface area contributed by atoms with Gasteiger partial charge in [-0.15, -0.1) is 0 Å². The van der Waals surface area contributed by atoms with Crippen LogP contribution in [0.2, 0.25) is 0 Å². The van der Waals surface area contributed by atoms with E-state index in [1.165, 1.54) is 10.4 Å². The molecule has 1 aliphatic rings. The summed E-state index contributed by atoms with van der Waals surface area (Å²) in [4.78, 5) is 4.45. The largest absolute Gasteiger partial charge is 0.379 e. The highest BCUT2D eigenvalue weighted by Gasteiger charge is 2.25. The Morgan fingerprint density at radius 1 is 1.03 bits per heavy atom. The van der Waals surface area contributed by atoms with Gasteiger partial charge in [0.25, 0.3) is 0 Å². The number of guanidine groups is 1. The third-order valence-corrected chi connectivity index (χ3v) is 6.80. The lowest BCUT2D eigenvalue weighted by Crippen LogP contribution is -2.41. The number of halogens is 1. The molecule has 0 aliphatic carbocycles. The van der Waals surface area contributed by atoms with Crippen LogP contribution in [0.5, 0.6) is 0 Å². The summed E-state index contributed by atoms with van der Waals surface area (Å²) in [6.07, 6.45) is 0. The molecule has 0 atom stereocenters. The number of rotatable bonds is 8. The SMILES string of the molecule is CCNC(=NCc1ccccc1F)NCc1ccccc1CS(=O)(=O)N1CCOCC1. The number of sulfonamides is 1. The molecule has 0 amide bonds. The Kier molecular flexibility index (Phi) is 8.39. The molecule has 1 fully saturated rings. The van der Waals surface area contributed by atoms with Gasteiger partial charge in [-0.05, 0) is 24.1 Å². The van der Waals surface area contributed by atoms with Gasteiger partial charge >= 0.3 is 0 Å². The summed E-state index contributed by atoms with van der Waals surface area (Å²) in [5.41, 5.74) is 2.12. The lowest BCUT2D eigenvalue weighted by atomic mass is 10.1. The van der Waals surface area contributed by atoms with Crippen molar-refractivity contribution in [2.45, 2.75) is 25.8 Å². The van der Waals surface area contributed by atoms with Crippen molar-refractivity contribution in [3.05, 3.63) is 71.0 Å². The standard InChI is InChI=1S/C22H29FN4O3S/c1-2-24-22(26-16-19-8-5-6-10-21(19)23)25-15-18-7-3-4-9-20(18)17-31(28,29)27-11-13-30-14-12-27/h3-10H,2,11-17H2,1H3,(H2,24,25,26). The van der Waals surface area contributed by atoms with Gasteiger partial charge in [-0.25, -0.2) is 17.8 Å². The Balaban J connectivity index is 1.68. The number of aliphatic imine (C=N–C) groups is 1. The second-order valence-corrected chi connectivity index (χ2v) is 9.15. The molecule has 2 aromatic carbocycles. The molecule has 1 saturated heterocycles. The summed E-state index contributed by atoms with van der Waals surface area (Å²) < 4.78 is 46.2. The minimum absolute atomic E-state index is 0.0617. The number of hydrogen-bond acceptors (Lipinski definition) is 4. The van der Waals surface area contributed by atoms with E-state index in [1.54, 1.807) is 18.2 Å². The normalized spacial score (nSPS) is 15.6. The van der Waals surface area contributed by atoms with E-state index < -0.39 is 10.0 Å². The second-order valence-electron chi connectivity index (χ2n) is 7.18. The predicted octanol–water partition coefficient (Wildman–Crippen LogP) is 2.24. The minimum Gasteiger partial charge on any atom is -0.379 e. The Morgan fingerprint density at radius 2 is 1.68 bits per heavy atom. The van der Waals surface area contributed by atoms with E-state index in [9.17, 15) is 12.8 Å². The molecule has 3 rings (SSSR count). The predicted molar refractivity (Wildman–Crippen MR) is 120 cm³/mol. The molecule has 0 radical (unpaired) electrons. The van der Waals surface area contributed by atoms with Crippen molar-refractivity contribution in [2.24, 2.45) is 4.99 Å². The van der Waals surface area contributed by atoms with E-state index in [0.29, 0.717) is 50.9 Å². The number of nitrogens with zero attached hydrogens (tertiary/aromatic N) is 2. The molecule has 9 heteroatoms. The maximum atomic E-state index is 13.9. The Labute approximate surface area is 183 Å². The van der Waals surface area contributed by atoms with Gasteiger partial charge in [-0.3, -0.25) is 0 Å². The zero-order valence-corrected chi connectivity index (χ0v) is 18.5. The fourth-order valence-electron chi connectivity index (χ4n) is 3.29. The van der Waals surface area contributed by atoms with Crippen molar-refractivity contribution >= 4 is 16.0 Å². The van der Waals surface area contributed by atoms with Crippen molar-refractivity contribution in [3.8, 4) is 0 Å². The third kappa shape index (κ3) is 6.75. The molecule has 1 aliphatic heterocycles. The van der Waals surface area contributed by atoms with Crippen LogP contribution in [0, 0.1) is 5.82 Å². The summed E-state index contributed by atoms with van der Waals surface area (Å²) in [5, 5.41) is 6.36. The first-order chi connectivity index (χ1) is 15.0. The lowest BCUT2D eigenvalue weighted by molar-refractivity contribution is 0.0729. The summed E-state index contributed by atoms with van der Waals surface area (Å²) in [7, 11) is -3.42. The van der Waals surface area contributed by atoms with Crippen LogP contribution in [0.15, 0.2) is 53.5 Å². The highest BCUT2D eigenvalue weighted by molar-refractivity contribution is 7.88. The quantitative estimate of drug-likeness (QED) is 0.478.